The van der Waals surface area contributed by atoms with E-state index in [9.17, 15) is 19.5 Å². The second-order valence-corrected chi connectivity index (χ2v) is 11.9. The Kier molecular flexibility index (Phi) is 7.10. The number of nitrogens with zero attached hydrogens (tertiary/aromatic N) is 3. The number of benzene rings is 2. The fraction of sp³-hybridized carbons (Fsp3) is 0.441. The molecule has 2 saturated heterocycles. The van der Waals surface area contributed by atoms with Crippen molar-refractivity contribution in [3.05, 3.63) is 84.0 Å². The number of carbonyl (C=O) groups excluding carboxylic acids is 3. The third-order valence-electron chi connectivity index (χ3n) is 9.68. The highest BCUT2D eigenvalue weighted by Crippen LogP contribution is 2.59. The molecule has 0 bridgehead atoms. The molecule has 3 amide bonds. The molecule has 4 aliphatic rings. The molecule has 2 aromatic carbocycles. The van der Waals surface area contributed by atoms with Gasteiger partial charge in [0, 0.05) is 24.5 Å². The summed E-state index contributed by atoms with van der Waals surface area (Å²) in [6.45, 7) is 8.17. The lowest BCUT2D eigenvalue weighted by molar-refractivity contribution is -0.149. The van der Waals surface area contributed by atoms with Crippen molar-refractivity contribution in [1.29, 1.82) is 0 Å². The van der Waals surface area contributed by atoms with Crippen LogP contribution in [0, 0.1) is 25.7 Å². The van der Waals surface area contributed by atoms with E-state index in [2.05, 4.69) is 0 Å². The van der Waals surface area contributed by atoms with Crippen LogP contribution in [0.15, 0.2) is 72.8 Å². The predicted molar refractivity (Wildman–Crippen MR) is 161 cm³/mol. The zero-order valence-corrected chi connectivity index (χ0v) is 24.7. The van der Waals surface area contributed by atoms with Crippen LogP contribution in [-0.4, -0.2) is 70.7 Å². The lowest BCUT2D eigenvalue weighted by atomic mass is 9.73. The molecule has 0 radical (unpaired) electrons. The standard InChI is InChI=1S/C34H39N3O5/c1-5-24(21-38)37-29-32(41)36(26-20-22(3)14-15-23(26)4)19-11-17-34(29)28(31(37)40)27-30(39)35(25-12-8-7-9-13-25)18-10-16-33(27,6-2)42-34/h7-17,20,24,27-29,38H,5-6,18-19,21H2,1-4H3/t24-,27-,28-,29?,33+,34-/m0/s1. The molecule has 6 rings (SSSR count). The van der Waals surface area contributed by atoms with E-state index in [4.69, 9.17) is 4.74 Å². The van der Waals surface area contributed by atoms with Gasteiger partial charge in [0.05, 0.1) is 30.1 Å². The summed E-state index contributed by atoms with van der Waals surface area (Å²) >= 11 is 0. The summed E-state index contributed by atoms with van der Waals surface area (Å²) in [6.07, 6.45) is 8.57. The van der Waals surface area contributed by atoms with E-state index < -0.39 is 35.1 Å². The molecular formula is C34H39N3O5. The Bertz CT molecular complexity index is 1470. The van der Waals surface area contributed by atoms with Crippen LogP contribution >= 0.6 is 0 Å². The Balaban J connectivity index is 1.53. The van der Waals surface area contributed by atoms with Crippen molar-refractivity contribution in [1.82, 2.24) is 4.90 Å². The molecule has 1 unspecified atom stereocenters. The largest absolute Gasteiger partial charge is 0.394 e. The fourth-order valence-corrected chi connectivity index (χ4v) is 7.57. The molecule has 42 heavy (non-hydrogen) atoms. The Morgan fingerprint density at radius 2 is 1.62 bits per heavy atom. The quantitative estimate of drug-likeness (QED) is 0.533. The molecule has 0 aromatic heterocycles. The second-order valence-electron chi connectivity index (χ2n) is 11.9. The first-order chi connectivity index (χ1) is 20.2. The summed E-state index contributed by atoms with van der Waals surface area (Å²) in [7, 11) is 0. The second kappa shape index (κ2) is 10.5. The normalized spacial score (nSPS) is 31.1. The van der Waals surface area contributed by atoms with Gasteiger partial charge >= 0.3 is 0 Å². The number of hydrogen-bond acceptors (Lipinski definition) is 5. The van der Waals surface area contributed by atoms with E-state index in [1.807, 2.05) is 101 Å². The first kappa shape index (κ1) is 28.4. The number of carbonyl (C=O) groups is 3. The van der Waals surface area contributed by atoms with Crippen LogP contribution in [0.1, 0.15) is 37.8 Å². The topological polar surface area (TPSA) is 90.4 Å². The number of rotatable bonds is 6. The van der Waals surface area contributed by atoms with Gasteiger partial charge in [-0.05, 0) is 56.0 Å². The summed E-state index contributed by atoms with van der Waals surface area (Å²) in [5.74, 6) is -2.56. The highest BCUT2D eigenvalue weighted by molar-refractivity contribution is 6.08. The molecule has 8 nitrogen and oxygen atoms in total. The van der Waals surface area contributed by atoms with Gasteiger partial charge < -0.3 is 24.5 Å². The van der Waals surface area contributed by atoms with Gasteiger partial charge in [-0.15, -0.1) is 0 Å². The Hall–Kier alpha value is -3.75. The number of amides is 3. The molecular weight excluding hydrogens is 530 g/mol. The maximum absolute atomic E-state index is 14.8. The highest BCUT2D eigenvalue weighted by Gasteiger charge is 2.76. The number of aliphatic hydroxyl groups is 1. The molecule has 4 heterocycles. The lowest BCUT2D eigenvalue weighted by Crippen LogP contribution is -2.59. The Morgan fingerprint density at radius 1 is 0.905 bits per heavy atom. The zero-order chi connectivity index (χ0) is 29.8. The van der Waals surface area contributed by atoms with Gasteiger partial charge in [-0.3, -0.25) is 14.4 Å². The Labute approximate surface area is 247 Å². The van der Waals surface area contributed by atoms with Crippen molar-refractivity contribution >= 4 is 29.1 Å². The van der Waals surface area contributed by atoms with Gasteiger partial charge in [0.25, 0.3) is 5.91 Å². The minimum atomic E-state index is -1.37. The molecule has 2 fully saturated rings. The van der Waals surface area contributed by atoms with E-state index in [1.54, 1.807) is 9.80 Å². The fourth-order valence-electron chi connectivity index (χ4n) is 7.57. The Morgan fingerprint density at radius 3 is 2.31 bits per heavy atom. The molecule has 0 aliphatic carbocycles. The number of ether oxygens (including phenoxy) is 1. The SMILES string of the molecule is CC[C@@H](CO)N1C(=O)[C@@H]2[C@H]3C(=O)N(c4ccccc4)CC=C[C@@]3(CC)O[C@@]23C=CCN(c2cc(C)ccc2C)C(=O)C13. The third-order valence-corrected chi connectivity index (χ3v) is 9.68. The van der Waals surface area contributed by atoms with Crippen molar-refractivity contribution in [3.63, 3.8) is 0 Å². The summed E-state index contributed by atoms with van der Waals surface area (Å²) in [5, 5.41) is 10.4. The average Bonchev–Trinajstić information content (AvgIpc) is 3.28. The van der Waals surface area contributed by atoms with Gasteiger partial charge in [0.2, 0.25) is 11.8 Å². The lowest BCUT2D eigenvalue weighted by Gasteiger charge is -2.40. The van der Waals surface area contributed by atoms with Gasteiger partial charge in [-0.2, -0.15) is 0 Å². The molecule has 220 valence electrons. The zero-order valence-electron chi connectivity index (χ0n) is 24.7. The maximum atomic E-state index is 14.8. The summed E-state index contributed by atoms with van der Waals surface area (Å²) in [6, 6.07) is 13.8. The third kappa shape index (κ3) is 3.99. The number of aliphatic hydroxyl groups excluding tert-OH is 1. The van der Waals surface area contributed by atoms with Crippen molar-refractivity contribution in [3.8, 4) is 0 Å². The highest BCUT2D eigenvalue weighted by atomic mass is 16.5. The average molecular weight is 570 g/mol. The van der Waals surface area contributed by atoms with Crippen LogP contribution in [-0.2, 0) is 19.1 Å². The van der Waals surface area contributed by atoms with Crippen molar-refractivity contribution in [2.75, 3.05) is 29.5 Å². The van der Waals surface area contributed by atoms with Crippen LogP contribution in [0.25, 0.3) is 0 Å². The number of likely N-dealkylation sites (tertiary alicyclic amines) is 1. The van der Waals surface area contributed by atoms with Crippen LogP contribution in [0.4, 0.5) is 11.4 Å². The minimum Gasteiger partial charge on any atom is -0.394 e. The van der Waals surface area contributed by atoms with Gasteiger partial charge in [0.1, 0.15) is 11.6 Å². The van der Waals surface area contributed by atoms with Gasteiger partial charge in [-0.25, -0.2) is 0 Å². The van der Waals surface area contributed by atoms with E-state index in [1.165, 1.54) is 4.90 Å². The number of hydrogen-bond donors (Lipinski definition) is 1. The van der Waals surface area contributed by atoms with E-state index >= 15 is 0 Å². The number of fused-ring (bicyclic) bond motifs is 2. The maximum Gasteiger partial charge on any atom is 0.253 e. The molecule has 1 N–H and O–H groups in total. The predicted octanol–water partition coefficient (Wildman–Crippen LogP) is 3.94. The van der Waals surface area contributed by atoms with E-state index in [-0.39, 0.29) is 24.3 Å². The summed E-state index contributed by atoms with van der Waals surface area (Å²) in [5.41, 5.74) is 1.05. The summed E-state index contributed by atoms with van der Waals surface area (Å²) < 4.78 is 7.07. The monoisotopic (exact) mass is 569 g/mol. The van der Waals surface area contributed by atoms with Gasteiger partial charge in [0.15, 0.2) is 0 Å². The van der Waals surface area contributed by atoms with Crippen LogP contribution in [0.5, 0.6) is 0 Å². The van der Waals surface area contributed by atoms with Crippen molar-refractivity contribution in [2.24, 2.45) is 11.8 Å². The van der Waals surface area contributed by atoms with Crippen LogP contribution in [0.3, 0.4) is 0 Å². The summed E-state index contributed by atoms with van der Waals surface area (Å²) in [4.78, 5) is 49.0. The smallest absolute Gasteiger partial charge is 0.253 e. The molecule has 2 aromatic rings. The first-order valence-electron chi connectivity index (χ1n) is 15.0. The van der Waals surface area contributed by atoms with Gasteiger partial charge in [-0.1, -0.05) is 68.5 Å². The van der Waals surface area contributed by atoms with Crippen molar-refractivity contribution < 1.29 is 24.2 Å². The molecule has 0 saturated carbocycles. The van der Waals surface area contributed by atoms with E-state index in [0.717, 1.165) is 22.5 Å². The minimum absolute atomic E-state index is 0.197. The first-order valence-corrected chi connectivity index (χ1v) is 15.0. The molecule has 8 heteroatoms. The molecule has 4 aliphatic heterocycles. The van der Waals surface area contributed by atoms with Crippen molar-refractivity contribution in [2.45, 2.75) is 63.8 Å². The van der Waals surface area contributed by atoms with Crippen LogP contribution in [0.2, 0.25) is 0 Å². The molecule has 6 atom stereocenters. The molecule has 1 spiro atoms. The van der Waals surface area contributed by atoms with E-state index in [0.29, 0.717) is 25.9 Å². The number of aryl methyl sites for hydroxylation is 2. The van der Waals surface area contributed by atoms with Crippen LogP contribution < -0.4 is 9.80 Å². The number of para-hydroxylation sites is 1. The number of anilines is 2.